The second-order valence-electron chi connectivity index (χ2n) is 6.38. The summed E-state index contributed by atoms with van der Waals surface area (Å²) in [5.41, 5.74) is 4.68. The van der Waals surface area contributed by atoms with Crippen molar-refractivity contribution in [1.82, 2.24) is 14.9 Å². The third-order valence-corrected chi connectivity index (χ3v) is 5.54. The van der Waals surface area contributed by atoms with E-state index in [-0.39, 0.29) is 5.82 Å². The van der Waals surface area contributed by atoms with E-state index in [1.54, 1.807) is 34.6 Å². The number of fused-ring (bicyclic) bond motifs is 1. The molecule has 0 fully saturated rings. The molecule has 0 unspecified atom stereocenters. The Morgan fingerprint density at radius 1 is 0.750 bits per heavy atom. The number of hydrogen-bond donors (Lipinski definition) is 0. The number of benzene rings is 3. The molecule has 0 bridgehead atoms. The van der Waals surface area contributed by atoms with Crippen molar-refractivity contribution in [2.75, 3.05) is 5.75 Å². The third-order valence-electron chi connectivity index (χ3n) is 4.61. The quantitative estimate of drug-likeness (QED) is 0.491. The molecule has 3 aromatic carbocycles. The smallest absolute Gasteiger partial charge is 0.206 e. The summed E-state index contributed by atoms with van der Waals surface area (Å²) < 4.78 is 15.8. The first-order chi connectivity index (χ1) is 13.8. The van der Waals surface area contributed by atoms with Crippen LogP contribution in [0.4, 0.5) is 4.39 Å². The van der Waals surface area contributed by atoms with Crippen LogP contribution in [0.25, 0.3) is 22.5 Å². The fraction of sp³-hybridized carbons (Fsp3) is 0.0455. The summed E-state index contributed by atoms with van der Waals surface area (Å²) in [4.78, 5) is 0. The van der Waals surface area contributed by atoms with Crippen molar-refractivity contribution in [2.24, 2.45) is 5.10 Å². The first-order valence-corrected chi connectivity index (χ1v) is 9.85. The van der Waals surface area contributed by atoms with E-state index in [4.69, 9.17) is 5.10 Å². The van der Waals surface area contributed by atoms with Crippen LogP contribution in [0.2, 0.25) is 0 Å². The molecule has 4 aromatic rings. The molecular weight excluding hydrogens is 371 g/mol. The van der Waals surface area contributed by atoms with Gasteiger partial charge in [-0.1, -0.05) is 78.5 Å². The van der Waals surface area contributed by atoms with Crippen molar-refractivity contribution in [2.45, 2.75) is 5.16 Å². The molecule has 0 radical (unpaired) electrons. The normalized spacial score (nSPS) is 13.1. The molecule has 0 spiro atoms. The van der Waals surface area contributed by atoms with Crippen molar-refractivity contribution in [1.29, 1.82) is 0 Å². The van der Waals surface area contributed by atoms with Crippen LogP contribution in [-0.2, 0) is 0 Å². The first kappa shape index (κ1) is 16.9. The molecule has 136 valence electrons. The fourth-order valence-electron chi connectivity index (χ4n) is 3.17. The van der Waals surface area contributed by atoms with Gasteiger partial charge in [0.05, 0.1) is 11.3 Å². The SMILES string of the molecule is Fc1ccccc1-c1nnc2n1N=C(c1ccc(-c3ccccc3)cc1)CS2. The molecule has 0 saturated carbocycles. The largest absolute Gasteiger partial charge is 0.212 e. The number of nitrogens with zero attached hydrogens (tertiary/aromatic N) is 4. The van der Waals surface area contributed by atoms with Crippen LogP contribution in [0.1, 0.15) is 5.56 Å². The van der Waals surface area contributed by atoms with Gasteiger partial charge in [-0.15, -0.1) is 10.2 Å². The lowest BCUT2D eigenvalue weighted by molar-refractivity contribution is 0.627. The minimum absolute atomic E-state index is 0.336. The van der Waals surface area contributed by atoms with Crippen LogP contribution in [0.5, 0.6) is 0 Å². The maximum absolute atomic E-state index is 14.2. The molecule has 0 amide bonds. The highest BCUT2D eigenvalue weighted by Crippen LogP contribution is 2.30. The summed E-state index contributed by atoms with van der Waals surface area (Å²) >= 11 is 1.55. The van der Waals surface area contributed by atoms with E-state index in [9.17, 15) is 4.39 Å². The molecule has 1 aromatic heterocycles. The summed E-state index contributed by atoms with van der Waals surface area (Å²) in [5, 5.41) is 13.7. The van der Waals surface area contributed by atoms with Gasteiger partial charge in [0.15, 0.2) is 5.82 Å². The molecule has 5 rings (SSSR count). The molecular formula is C22H15FN4S. The first-order valence-electron chi connectivity index (χ1n) is 8.86. The van der Waals surface area contributed by atoms with E-state index in [0.29, 0.717) is 22.3 Å². The lowest BCUT2D eigenvalue weighted by Gasteiger charge is -2.14. The molecule has 0 N–H and O–H groups in total. The standard InChI is InChI=1S/C22H15FN4S/c23-19-9-5-4-8-18(19)21-24-25-22-27(21)26-20(14-28-22)17-12-10-16(11-13-17)15-6-2-1-3-7-15/h1-13H,14H2. The minimum Gasteiger partial charge on any atom is -0.206 e. The molecule has 0 aliphatic carbocycles. The van der Waals surface area contributed by atoms with Crippen molar-refractivity contribution in [3.8, 4) is 22.5 Å². The Labute approximate surface area is 165 Å². The lowest BCUT2D eigenvalue weighted by Crippen LogP contribution is -2.13. The van der Waals surface area contributed by atoms with E-state index in [1.807, 2.05) is 18.2 Å². The third kappa shape index (κ3) is 3.01. The Balaban J connectivity index is 1.51. The van der Waals surface area contributed by atoms with Gasteiger partial charge in [0.1, 0.15) is 5.82 Å². The Bertz CT molecular complexity index is 1170. The fourth-order valence-corrected chi connectivity index (χ4v) is 4.00. The van der Waals surface area contributed by atoms with Gasteiger partial charge >= 0.3 is 0 Å². The molecule has 2 heterocycles. The molecule has 1 aliphatic heterocycles. The minimum atomic E-state index is -0.336. The van der Waals surface area contributed by atoms with E-state index in [2.05, 4.69) is 46.6 Å². The van der Waals surface area contributed by atoms with E-state index >= 15 is 0 Å². The van der Waals surface area contributed by atoms with E-state index < -0.39 is 0 Å². The van der Waals surface area contributed by atoms with Gasteiger partial charge in [0.2, 0.25) is 5.16 Å². The van der Waals surface area contributed by atoms with E-state index in [1.165, 1.54) is 11.6 Å². The van der Waals surface area contributed by atoms with Crippen LogP contribution in [0, 0.1) is 5.82 Å². The van der Waals surface area contributed by atoms with Gasteiger partial charge in [-0.2, -0.15) is 9.78 Å². The average molecular weight is 386 g/mol. The maximum Gasteiger partial charge on any atom is 0.212 e. The summed E-state index contributed by atoms with van der Waals surface area (Å²) in [6.07, 6.45) is 0. The predicted molar refractivity (Wildman–Crippen MR) is 110 cm³/mol. The summed E-state index contributed by atoms with van der Waals surface area (Å²) in [7, 11) is 0. The van der Waals surface area contributed by atoms with Crippen LogP contribution in [-0.4, -0.2) is 26.3 Å². The van der Waals surface area contributed by atoms with Crippen LogP contribution in [0.3, 0.4) is 0 Å². The number of aromatic nitrogens is 3. The molecule has 0 saturated heterocycles. The van der Waals surface area contributed by atoms with Gasteiger partial charge in [-0.25, -0.2) is 4.39 Å². The van der Waals surface area contributed by atoms with Crippen molar-refractivity contribution in [3.05, 3.63) is 90.2 Å². The monoisotopic (exact) mass is 386 g/mol. The van der Waals surface area contributed by atoms with Crippen molar-refractivity contribution >= 4 is 17.5 Å². The highest BCUT2D eigenvalue weighted by atomic mass is 32.2. The lowest BCUT2D eigenvalue weighted by atomic mass is 10.0. The molecule has 0 atom stereocenters. The van der Waals surface area contributed by atoms with Crippen LogP contribution < -0.4 is 0 Å². The molecule has 4 nitrogen and oxygen atoms in total. The summed E-state index contributed by atoms with van der Waals surface area (Å²) in [5.74, 6) is 0.774. The Kier molecular flexibility index (Phi) is 4.25. The number of hydrogen-bond acceptors (Lipinski definition) is 4. The predicted octanol–water partition coefficient (Wildman–Crippen LogP) is 5.11. The van der Waals surface area contributed by atoms with Crippen LogP contribution in [0.15, 0.2) is 89.1 Å². The van der Waals surface area contributed by atoms with Gasteiger partial charge in [-0.05, 0) is 28.8 Å². The zero-order valence-electron chi connectivity index (χ0n) is 14.8. The topological polar surface area (TPSA) is 43.1 Å². The summed E-state index contributed by atoms with van der Waals surface area (Å²) in [6.45, 7) is 0. The number of thioether (sulfide) groups is 1. The second-order valence-corrected chi connectivity index (χ2v) is 7.32. The van der Waals surface area contributed by atoms with Crippen molar-refractivity contribution < 1.29 is 4.39 Å². The molecule has 6 heteroatoms. The Hall–Kier alpha value is -3.25. The highest BCUT2D eigenvalue weighted by molar-refractivity contribution is 7.99. The van der Waals surface area contributed by atoms with E-state index in [0.717, 1.165) is 16.8 Å². The van der Waals surface area contributed by atoms with Gasteiger partial charge in [0.25, 0.3) is 0 Å². The Morgan fingerprint density at radius 2 is 1.43 bits per heavy atom. The van der Waals surface area contributed by atoms with Crippen LogP contribution >= 0.6 is 11.8 Å². The Morgan fingerprint density at radius 3 is 2.21 bits per heavy atom. The molecule has 28 heavy (non-hydrogen) atoms. The molecule has 1 aliphatic rings. The van der Waals surface area contributed by atoms with Gasteiger partial charge in [-0.3, -0.25) is 0 Å². The maximum atomic E-state index is 14.2. The number of rotatable bonds is 3. The second kappa shape index (κ2) is 7.05. The zero-order valence-corrected chi connectivity index (χ0v) is 15.6. The number of halogens is 1. The average Bonchev–Trinajstić information content (AvgIpc) is 3.18. The highest BCUT2D eigenvalue weighted by Gasteiger charge is 2.22. The summed E-state index contributed by atoms with van der Waals surface area (Å²) in [6, 6.07) is 25.1. The zero-order chi connectivity index (χ0) is 18.9. The van der Waals surface area contributed by atoms with Gasteiger partial charge in [0, 0.05) is 5.75 Å². The van der Waals surface area contributed by atoms with Crippen molar-refractivity contribution in [3.63, 3.8) is 0 Å². The van der Waals surface area contributed by atoms with Gasteiger partial charge < -0.3 is 0 Å².